The summed E-state index contributed by atoms with van der Waals surface area (Å²) >= 11 is 17.4. The normalized spacial score (nSPS) is 10.8. The van der Waals surface area contributed by atoms with Crippen LogP contribution >= 0.6 is 50.9 Å². The molecule has 1 heterocycles. The van der Waals surface area contributed by atoms with Crippen LogP contribution in [-0.2, 0) is 12.3 Å². The molecule has 0 spiro atoms. The van der Waals surface area contributed by atoms with Crippen LogP contribution in [-0.4, -0.2) is 14.8 Å². The Morgan fingerprint density at radius 1 is 1.16 bits per heavy atom. The van der Waals surface area contributed by atoms with E-state index in [-0.39, 0.29) is 0 Å². The van der Waals surface area contributed by atoms with E-state index < -0.39 is 0 Å². The fourth-order valence-electron chi connectivity index (χ4n) is 2.33. The highest BCUT2D eigenvalue weighted by atomic mass is 79.9. The first-order chi connectivity index (χ1) is 12.1. The molecule has 25 heavy (non-hydrogen) atoms. The largest absolute Gasteiger partial charge is 0.298 e. The summed E-state index contributed by atoms with van der Waals surface area (Å²) in [6.07, 6.45) is 1.82. The molecule has 0 saturated carbocycles. The van der Waals surface area contributed by atoms with Crippen LogP contribution in [0, 0.1) is 0 Å². The van der Waals surface area contributed by atoms with E-state index in [1.165, 1.54) is 5.56 Å². The molecule has 0 unspecified atom stereocenters. The van der Waals surface area contributed by atoms with Crippen molar-refractivity contribution in [3.8, 4) is 11.4 Å². The van der Waals surface area contributed by atoms with Crippen LogP contribution in [0.4, 0.5) is 0 Å². The van der Waals surface area contributed by atoms with Crippen LogP contribution in [0.3, 0.4) is 0 Å². The van der Waals surface area contributed by atoms with Crippen LogP contribution in [0.25, 0.3) is 11.4 Å². The smallest absolute Gasteiger partial charge is 0.192 e. The van der Waals surface area contributed by atoms with Gasteiger partial charge in [-0.25, -0.2) is 0 Å². The van der Waals surface area contributed by atoms with E-state index in [1.54, 1.807) is 23.9 Å². The Hall–Kier alpha value is -1.27. The van der Waals surface area contributed by atoms with Crippen molar-refractivity contribution in [1.29, 1.82) is 0 Å². The van der Waals surface area contributed by atoms with Crippen LogP contribution in [0.15, 0.2) is 64.7 Å². The van der Waals surface area contributed by atoms with Gasteiger partial charge in [0.25, 0.3) is 0 Å². The van der Waals surface area contributed by atoms with Gasteiger partial charge in [0, 0.05) is 27.4 Å². The Morgan fingerprint density at radius 3 is 2.72 bits per heavy atom. The van der Waals surface area contributed by atoms with Gasteiger partial charge in [-0.3, -0.25) is 4.57 Å². The molecule has 7 heteroatoms. The highest BCUT2D eigenvalue weighted by Gasteiger charge is 2.16. The maximum absolute atomic E-state index is 6.33. The van der Waals surface area contributed by atoms with E-state index in [2.05, 4.69) is 44.8 Å². The van der Waals surface area contributed by atoms with Gasteiger partial charge < -0.3 is 0 Å². The first kappa shape index (κ1) is 18.5. The molecular weight excluding hydrogens is 441 g/mol. The van der Waals surface area contributed by atoms with Gasteiger partial charge in [-0.1, -0.05) is 69.1 Å². The van der Waals surface area contributed by atoms with Crippen molar-refractivity contribution in [1.82, 2.24) is 14.8 Å². The van der Waals surface area contributed by atoms with Gasteiger partial charge in [0.05, 0.1) is 5.02 Å². The van der Waals surface area contributed by atoms with E-state index in [0.717, 1.165) is 20.9 Å². The maximum atomic E-state index is 6.33. The highest BCUT2D eigenvalue weighted by Crippen LogP contribution is 2.32. The minimum absolute atomic E-state index is 0.550. The van der Waals surface area contributed by atoms with Gasteiger partial charge in [0.1, 0.15) is 0 Å². The van der Waals surface area contributed by atoms with E-state index in [1.807, 2.05) is 28.8 Å². The van der Waals surface area contributed by atoms with Gasteiger partial charge >= 0.3 is 0 Å². The molecule has 3 rings (SSSR count). The number of halogens is 3. The van der Waals surface area contributed by atoms with Gasteiger partial charge in [0.15, 0.2) is 11.0 Å². The van der Waals surface area contributed by atoms with E-state index >= 15 is 0 Å². The molecule has 0 fully saturated rings. The molecule has 0 N–H and O–H groups in total. The summed E-state index contributed by atoms with van der Waals surface area (Å²) in [5.74, 6) is 1.50. The first-order valence-corrected chi connectivity index (χ1v) is 9.98. The minimum atomic E-state index is 0.550. The molecule has 0 bridgehead atoms. The number of aromatic nitrogens is 3. The third-order valence-electron chi connectivity index (χ3n) is 3.46. The summed E-state index contributed by atoms with van der Waals surface area (Å²) in [5, 5.41) is 10.6. The molecule has 0 saturated heterocycles. The van der Waals surface area contributed by atoms with Gasteiger partial charge in [-0.2, -0.15) is 0 Å². The second-order valence-corrected chi connectivity index (χ2v) is 7.95. The van der Waals surface area contributed by atoms with Crippen LogP contribution in [0.2, 0.25) is 10.0 Å². The number of hydrogen-bond acceptors (Lipinski definition) is 3. The van der Waals surface area contributed by atoms with Crippen molar-refractivity contribution >= 4 is 50.9 Å². The molecular formula is C18H14BrCl2N3S. The van der Waals surface area contributed by atoms with Crippen molar-refractivity contribution in [3.63, 3.8) is 0 Å². The van der Waals surface area contributed by atoms with Gasteiger partial charge in [0.2, 0.25) is 0 Å². The Labute approximate surface area is 169 Å². The standard InChI is InChI=1S/C18H14BrCl2N3S/c1-2-8-24-17(15-7-6-14(20)10-16(15)21)22-23-18(24)25-11-12-4-3-5-13(19)9-12/h2-7,9-10H,1,8,11H2. The SMILES string of the molecule is C=CCn1c(SCc2cccc(Br)c2)nnc1-c1ccc(Cl)cc1Cl. The fraction of sp³-hybridized carbons (Fsp3) is 0.111. The quantitative estimate of drug-likeness (QED) is 0.315. The van der Waals surface area contributed by atoms with Crippen molar-refractivity contribution in [2.24, 2.45) is 0 Å². The third-order valence-corrected chi connectivity index (χ3v) is 5.54. The summed E-state index contributed by atoms with van der Waals surface area (Å²) in [6, 6.07) is 13.6. The van der Waals surface area contributed by atoms with Gasteiger partial charge in [-0.15, -0.1) is 16.8 Å². The molecule has 0 radical (unpaired) electrons. The number of thioether (sulfide) groups is 1. The number of rotatable bonds is 6. The number of nitrogens with zero attached hydrogens (tertiary/aromatic N) is 3. The summed E-state index contributed by atoms with van der Waals surface area (Å²) in [4.78, 5) is 0. The number of allylic oxidation sites excluding steroid dienone is 1. The Balaban J connectivity index is 1.90. The van der Waals surface area contributed by atoms with Crippen LogP contribution < -0.4 is 0 Å². The molecule has 3 nitrogen and oxygen atoms in total. The van der Waals surface area contributed by atoms with E-state index in [9.17, 15) is 0 Å². The monoisotopic (exact) mass is 453 g/mol. The maximum Gasteiger partial charge on any atom is 0.192 e. The molecule has 0 amide bonds. The average molecular weight is 455 g/mol. The van der Waals surface area contributed by atoms with E-state index in [4.69, 9.17) is 23.2 Å². The predicted molar refractivity (Wildman–Crippen MR) is 109 cm³/mol. The summed E-state index contributed by atoms with van der Waals surface area (Å²) in [5.41, 5.74) is 2.01. The van der Waals surface area contributed by atoms with Crippen molar-refractivity contribution in [3.05, 3.63) is 75.2 Å². The third kappa shape index (κ3) is 4.47. The lowest BCUT2D eigenvalue weighted by molar-refractivity contribution is 0.731. The molecule has 0 atom stereocenters. The van der Waals surface area contributed by atoms with Crippen molar-refractivity contribution in [2.45, 2.75) is 17.5 Å². The van der Waals surface area contributed by atoms with Crippen molar-refractivity contribution in [2.75, 3.05) is 0 Å². The van der Waals surface area contributed by atoms with E-state index in [0.29, 0.717) is 22.4 Å². The summed E-state index contributed by atoms with van der Waals surface area (Å²) < 4.78 is 3.07. The Kier molecular flexibility index (Phi) is 6.23. The predicted octanol–water partition coefficient (Wildman–Crippen LogP) is 6.49. The Morgan fingerprint density at radius 2 is 2.00 bits per heavy atom. The molecule has 0 aliphatic heterocycles. The lowest BCUT2D eigenvalue weighted by Gasteiger charge is -2.09. The zero-order valence-electron chi connectivity index (χ0n) is 13.1. The average Bonchev–Trinajstić information content (AvgIpc) is 2.96. The molecule has 0 aliphatic carbocycles. The number of benzene rings is 2. The van der Waals surface area contributed by atoms with Crippen LogP contribution in [0.1, 0.15) is 5.56 Å². The molecule has 3 aromatic rings. The lowest BCUT2D eigenvalue weighted by Crippen LogP contribution is -2.01. The van der Waals surface area contributed by atoms with Crippen LogP contribution in [0.5, 0.6) is 0 Å². The second-order valence-electron chi connectivity index (χ2n) is 5.25. The molecule has 2 aromatic carbocycles. The Bertz CT molecular complexity index is 911. The number of hydrogen-bond donors (Lipinski definition) is 0. The molecule has 128 valence electrons. The lowest BCUT2D eigenvalue weighted by atomic mass is 10.2. The second kappa shape index (κ2) is 8.41. The fourth-order valence-corrected chi connectivity index (χ4v) is 4.16. The molecule has 1 aromatic heterocycles. The van der Waals surface area contributed by atoms with Gasteiger partial charge in [-0.05, 0) is 35.9 Å². The summed E-state index contributed by atoms with van der Waals surface area (Å²) in [6.45, 7) is 4.43. The minimum Gasteiger partial charge on any atom is -0.298 e. The topological polar surface area (TPSA) is 30.7 Å². The highest BCUT2D eigenvalue weighted by molar-refractivity contribution is 9.10. The summed E-state index contributed by atoms with van der Waals surface area (Å²) in [7, 11) is 0. The zero-order chi connectivity index (χ0) is 17.8. The first-order valence-electron chi connectivity index (χ1n) is 7.45. The van der Waals surface area contributed by atoms with Crippen molar-refractivity contribution < 1.29 is 0 Å². The molecule has 0 aliphatic rings. The zero-order valence-corrected chi connectivity index (χ0v) is 17.0.